The van der Waals surface area contributed by atoms with Crippen LogP contribution in [0.25, 0.3) is 0 Å². The van der Waals surface area contributed by atoms with Crippen LogP contribution in [-0.4, -0.2) is 58.9 Å². The Bertz CT molecular complexity index is 995. The maximum absolute atomic E-state index is 13.4. The van der Waals surface area contributed by atoms with Crippen molar-refractivity contribution in [1.82, 2.24) is 4.90 Å². The highest BCUT2D eigenvalue weighted by Crippen LogP contribution is 2.31. The Morgan fingerprint density at radius 2 is 1.69 bits per heavy atom. The van der Waals surface area contributed by atoms with Crippen LogP contribution >= 0.6 is 0 Å². The summed E-state index contributed by atoms with van der Waals surface area (Å²) in [5.74, 6) is -0.319. The number of nitrogens with zero attached hydrogens (tertiary/aromatic N) is 1. The molecule has 0 aliphatic heterocycles. The van der Waals surface area contributed by atoms with Gasteiger partial charge >= 0.3 is 5.97 Å². The third kappa shape index (κ3) is 7.36. The van der Waals surface area contributed by atoms with Gasteiger partial charge in [0.2, 0.25) is 5.91 Å². The van der Waals surface area contributed by atoms with E-state index in [0.29, 0.717) is 31.4 Å². The number of methoxy groups -OCH3 is 1. The summed E-state index contributed by atoms with van der Waals surface area (Å²) in [6.07, 6.45) is 1.43. The van der Waals surface area contributed by atoms with Crippen molar-refractivity contribution in [3.05, 3.63) is 54.1 Å². The molecule has 3 N–H and O–H groups in total. The van der Waals surface area contributed by atoms with Gasteiger partial charge in [-0.1, -0.05) is 30.3 Å². The number of carbonyl (C=O) groups excluding carboxylic acids is 1. The van der Waals surface area contributed by atoms with E-state index in [1.54, 1.807) is 13.2 Å². The van der Waals surface area contributed by atoms with Gasteiger partial charge < -0.3 is 29.9 Å². The summed E-state index contributed by atoms with van der Waals surface area (Å²) < 4.78 is 11.3. The van der Waals surface area contributed by atoms with Gasteiger partial charge in [0.15, 0.2) is 0 Å². The number of hydrogen-bond acceptors (Lipinski definition) is 6. The Morgan fingerprint density at radius 3 is 2.37 bits per heavy atom. The molecule has 1 aliphatic carbocycles. The standard InChI is InChI=1S/C27H36N2O6/c1-18(2)35-25-11-7-5-9-22(25)28-21-14-12-19(13-15-23(21)30)27(33)29(17-26(31)32)16-20-8-4-6-10-24(20)34-3/h4-11,18-19,21,23,28,30H,12-17H2,1-3H3,(H,31,32)/t19-,21+,23+/m1/s1. The van der Waals surface area contributed by atoms with E-state index in [9.17, 15) is 19.8 Å². The van der Waals surface area contributed by atoms with Crippen LogP contribution in [0.4, 0.5) is 5.69 Å². The van der Waals surface area contributed by atoms with E-state index in [-0.39, 0.29) is 30.5 Å². The summed E-state index contributed by atoms with van der Waals surface area (Å²) in [5, 5.41) is 23.7. The van der Waals surface area contributed by atoms with Crippen molar-refractivity contribution in [1.29, 1.82) is 0 Å². The van der Waals surface area contributed by atoms with Crippen LogP contribution in [0.1, 0.15) is 45.1 Å². The van der Waals surface area contributed by atoms with Crippen molar-refractivity contribution in [3.8, 4) is 11.5 Å². The molecule has 190 valence electrons. The van der Waals surface area contributed by atoms with Gasteiger partial charge in [-0.05, 0) is 57.7 Å². The number of anilines is 1. The van der Waals surface area contributed by atoms with E-state index in [1.165, 1.54) is 4.90 Å². The first kappa shape index (κ1) is 26.3. The number of nitrogens with one attached hydrogen (secondary N) is 1. The van der Waals surface area contributed by atoms with Crippen LogP contribution in [0.5, 0.6) is 11.5 Å². The molecule has 1 saturated carbocycles. The summed E-state index contributed by atoms with van der Waals surface area (Å²) in [6.45, 7) is 3.68. The van der Waals surface area contributed by atoms with Crippen molar-refractivity contribution in [2.45, 2.75) is 64.3 Å². The minimum atomic E-state index is -1.07. The highest BCUT2D eigenvalue weighted by Gasteiger charge is 2.33. The van der Waals surface area contributed by atoms with Gasteiger partial charge in [-0.3, -0.25) is 9.59 Å². The molecule has 8 nitrogen and oxygen atoms in total. The van der Waals surface area contributed by atoms with Crippen molar-refractivity contribution in [2.24, 2.45) is 5.92 Å². The van der Waals surface area contributed by atoms with E-state index in [2.05, 4.69) is 5.32 Å². The minimum Gasteiger partial charge on any atom is -0.496 e. The van der Waals surface area contributed by atoms with Crippen LogP contribution in [0, 0.1) is 5.92 Å². The molecular weight excluding hydrogens is 448 g/mol. The van der Waals surface area contributed by atoms with Gasteiger partial charge in [0.1, 0.15) is 18.0 Å². The van der Waals surface area contributed by atoms with Crippen LogP contribution in [0.2, 0.25) is 0 Å². The number of aliphatic carboxylic acids is 1. The lowest BCUT2D eigenvalue weighted by Crippen LogP contribution is -2.39. The van der Waals surface area contributed by atoms with Crippen LogP contribution in [0.3, 0.4) is 0 Å². The number of rotatable bonds is 10. The molecule has 0 heterocycles. The summed E-state index contributed by atoms with van der Waals surface area (Å²) in [7, 11) is 1.55. The average molecular weight is 485 g/mol. The van der Waals surface area contributed by atoms with Crippen LogP contribution < -0.4 is 14.8 Å². The number of carboxylic acid groups (broad SMARTS) is 1. The zero-order valence-electron chi connectivity index (χ0n) is 20.6. The molecule has 0 bridgehead atoms. The quantitative estimate of drug-likeness (QED) is 0.439. The monoisotopic (exact) mass is 484 g/mol. The Kier molecular flexibility index (Phi) is 9.37. The van der Waals surface area contributed by atoms with Gasteiger partial charge in [0.05, 0.1) is 31.0 Å². The lowest BCUT2D eigenvalue weighted by molar-refractivity contribution is -0.147. The number of amides is 1. The van der Waals surface area contributed by atoms with Crippen molar-refractivity contribution in [2.75, 3.05) is 19.0 Å². The van der Waals surface area contributed by atoms with Gasteiger partial charge in [-0.15, -0.1) is 0 Å². The molecule has 0 unspecified atom stereocenters. The number of carboxylic acids is 1. The van der Waals surface area contributed by atoms with E-state index in [0.717, 1.165) is 17.0 Å². The van der Waals surface area contributed by atoms with Gasteiger partial charge in [-0.25, -0.2) is 0 Å². The zero-order valence-corrected chi connectivity index (χ0v) is 20.6. The van der Waals surface area contributed by atoms with Crippen LogP contribution in [0.15, 0.2) is 48.5 Å². The molecule has 3 atom stereocenters. The molecule has 1 aliphatic rings. The fraction of sp³-hybridized carbons (Fsp3) is 0.481. The molecule has 0 radical (unpaired) electrons. The second-order valence-electron chi connectivity index (χ2n) is 9.23. The van der Waals surface area contributed by atoms with E-state index in [4.69, 9.17) is 9.47 Å². The number of carbonyl (C=O) groups is 2. The minimum absolute atomic E-state index is 0.0162. The molecule has 0 spiro atoms. The smallest absolute Gasteiger partial charge is 0.323 e. The highest BCUT2D eigenvalue weighted by molar-refractivity contribution is 5.83. The molecule has 1 fully saturated rings. The fourth-order valence-corrected chi connectivity index (χ4v) is 4.52. The number of benzene rings is 2. The Labute approximate surface area is 206 Å². The van der Waals surface area contributed by atoms with Crippen molar-refractivity contribution >= 4 is 17.6 Å². The molecule has 2 aromatic rings. The fourth-order valence-electron chi connectivity index (χ4n) is 4.52. The summed E-state index contributed by atoms with van der Waals surface area (Å²) in [5.41, 5.74) is 1.55. The number of aliphatic hydroxyl groups excluding tert-OH is 1. The maximum Gasteiger partial charge on any atom is 0.323 e. The second kappa shape index (κ2) is 12.4. The lowest BCUT2D eigenvalue weighted by Gasteiger charge is -2.26. The van der Waals surface area contributed by atoms with E-state index < -0.39 is 18.6 Å². The average Bonchev–Trinajstić information content (AvgIpc) is 3.00. The third-order valence-electron chi connectivity index (χ3n) is 6.23. The Balaban J connectivity index is 1.71. The predicted octanol–water partition coefficient (Wildman–Crippen LogP) is 3.93. The molecule has 0 saturated heterocycles. The van der Waals surface area contributed by atoms with Crippen molar-refractivity contribution in [3.63, 3.8) is 0 Å². The van der Waals surface area contributed by atoms with Crippen molar-refractivity contribution < 1.29 is 29.3 Å². The maximum atomic E-state index is 13.4. The summed E-state index contributed by atoms with van der Waals surface area (Å²) >= 11 is 0. The molecule has 3 rings (SSSR count). The summed E-state index contributed by atoms with van der Waals surface area (Å²) in [6, 6.07) is 14.7. The number of ether oxygens (including phenoxy) is 2. The number of hydrogen-bond donors (Lipinski definition) is 3. The van der Waals surface area contributed by atoms with Gasteiger partial charge in [-0.2, -0.15) is 0 Å². The SMILES string of the molecule is COc1ccccc1CN(CC(=O)O)C(=O)[C@@H]1CC[C@H](Nc2ccccc2OC(C)C)[C@@H](O)CC1. The first-order valence-electron chi connectivity index (χ1n) is 12.1. The Hall–Kier alpha value is -3.26. The third-order valence-corrected chi connectivity index (χ3v) is 6.23. The number of para-hydroxylation sites is 3. The van der Waals surface area contributed by atoms with E-state index in [1.807, 2.05) is 56.3 Å². The second-order valence-corrected chi connectivity index (χ2v) is 9.23. The molecule has 8 heteroatoms. The van der Waals surface area contributed by atoms with Crippen LogP contribution in [-0.2, 0) is 16.1 Å². The predicted molar refractivity (Wildman–Crippen MR) is 134 cm³/mol. The Morgan fingerprint density at radius 1 is 1.03 bits per heavy atom. The largest absolute Gasteiger partial charge is 0.496 e. The van der Waals surface area contributed by atoms with E-state index >= 15 is 0 Å². The molecular formula is C27H36N2O6. The van der Waals surface area contributed by atoms with Gasteiger partial charge in [0, 0.05) is 18.0 Å². The normalized spacial score (nSPS) is 20.1. The first-order valence-corrected chi connectivity index (χ1v) is 12.1. The molecule has 0 aromatic heterocycles. The molecule has 35 heavy (non-hydrogen) atoms. The molecule has 1 amide bonds. The summed E-state index contributed by atoms with van der Waals surface area (Å²) in [4.78, 5) is 26.3. The van der Waals surface area contributed by atoms with Gasteiger partial charge in [0.25, 0.3) is 0 Å². The number of aliphatic hydroxyl groups is 1. The topological polar surface area (TPSA) is 108 Å². The highest BCUT2D eigenvalue weighted by atomic mass is 16.5. The first-order chi connectivity index (χ1) is 16.8. The lowest BCUT2D eigenvalue weighted by atomic mass is 9.98. The molecule has 2 aromatic carbocycles. The zero-order chi connectivity index (χ0) is 25.4.